The molecule has 0 aliphatic carbocycles. The van der Waals surface area contributed by atoms with Gasteiger partial charge in [-0.25, -0.2) is 9.18 Å². The fraction of sp³-hybridized carbons (Fsp3) is 0.222. The molecule has 124 valence electrons. The smallest absolute Gasteiger partial charge is 0.329 e. The lowest BCUT2D eigenvalue weighted by Crippen LogP contribution is -2.34. The van der Waals surface area contributed by atoms with Crippen molar-refractivity contribution in [2.45, 2.75) is 13.1 Å². The highest BCUT2D eigenvalue weighted by Crippen LogP contribution is 2.13. The second-order valence-electron chi connectivity index (χ2n) is 5.76. The summed E-state index contributed by atoms with van der Waals surface area (Å²) in [7, 11) is 3.28. The van der Waals surface area contributed by atoms with Crippen LogP contribution in [0.4, 0.5) is 4.39 Å². The molecule has 0 spiro atoms. The van der Waals surface area contributed by atoms with Crippen molar-refractivity contribution in [3.63, 3.8) is 0 Å². The molecule has 2 aromatic carbocycles. The molecule has 0 saturated carbocycles. The average Bonchev–Trinajstić information content (AvgIpc) is 2.82. The molecule has 3 rings (SSSR count). The molecule has 0 radical (unpaired) electrons. The largest absolute Gasteiger partial charge is 0.340 e. The van der Waals surface area contributed by atoms with Crippen LogP contribution in [0.15, 0.2) is 53.3 Å². The van der Waals surface area contributed by atoms with Crippen molar-refractivity contribution in [3.05, 3.63) is 70.4 Å². The molecule has 1 heterocycles. The maximum atomic E-state index is 13.7. The van der Waals surface area contributed by atoms with Gasteiger partial charge in [0.05, 0.1) is 11.0 Å². The van der Waals surface area contributed by atoms with E-state index in [9.17, 15) is 14.0 Å². The molecule has 24 heavy (non-hydrogen) atoms. The number of amides is 1. The number of benzene rings is 2. The van der Waals surface area contributed by atoms with Crippen LogP contribution in [0, 0.1) is 5.82 Å². The van der Waals surface area contributed by atoms with E-state index in [2.05, 4.69) is 0 Å². The summed E-state index contributed by atoms with van der Waals surface area (Å²) in [4.78, 5) is 26.2. The molecule has 5 nitrogen and oxygen atoms in total. The molecule has 0 aliphatic heterocycles. The van der Waals surface area contributed by atoms with Crippen molar-refractivity contribution >= 4 is 16.9 Å². The highest BCUT2D eigenvalue weighted by Gasteiger charge is 2.16. The Bertz CT molecular complexity index is 958. The van der Waals surface area contributed by atoms with Crippen LogP contribution in [0.2, 0.25) is 0 Å². The summed E-state index contributed by atoms with van der Waals surface area (Å²) in [5.41, 5.74) is 1.67. The molecule has 0 atom stereocenters. The Kier molecular flexibility index (Phi) is 4.20. The number of imidazole rings is 1. The Hall–Kier alpha value is -2.89. The zero-order chi connectivity index (χ0) is 17.3. The van der Waals surface area contributed by atoms with E-state index >= 15 is 0 Å². The fourth-order valence-electron chi connectivity index (χ4n) is 2.74. The Morgan fingerprint density at radius 3 is 2.42 bits per heavy atom. The van der Waals surface area contributed by atoms with Gasteiger partial charge in [0.25, 0.3) is 0 Å². The van der Waals surface area contributed by atoms with Crippen molar-refractivity contribution in [1.29, 1.82) is 0 Å². The van der Waals surface area contributed by atoms with Crippen molar-refractivity contribution < 1.29 is 9.18 Å². The summed E-state index contributed by atoms with van der Waals surface area (Å²) < 4.78 is 16.7. The summed E-state index contributed by atoms with van der Waals surface area (Å²) in [6.07, 6.45) is 0. The monoisotopic (exact) mass is 327 g/mol. The van der Waals surface area contributed by atoms with Gasteiger partial charge in [0.2, 0.25) is 5.91 Å². The van der Waals surface area contributed by atoms with E-state index in [4.69, 9.17) is 0 Å². The Morgan fingerprint density at radius 2 is 1.71 bits per heavy atom. The van der Waals surface area contributed by atoms with Crippen LogP contribution in [0.25, 0.3) is 11.0 Å². The highest BCUT2D eigenvalue weighted by molar-refractivity contribution is 5.80. The van der Waals surface area contributed by atoms with Crippen molar-refractivity contribution in [2.24, 2.45) is 7.05 Å². The zero-order valence-corrected chi connectivity index (χ0v) is 13.6. The molecule has 0 saturated heterocycles. The number of halogens is 1. The van der Waals surface area contributed by atoms with Gasteiger partial charge >= 0.3 is 5.69 Å². The number of hydrogen-bond acceptors (Lipinski definition) is 2. The molecule has 0 unspecified atom stereocenters. The number of likely N-dealkylation sites (N-methyl/N-ethyl adjacent to an activating group) is 1. The maximum Gasteiger partial charge on any atom is 0.329 e. The van der Waals surface area contributed by atoms with Crippen molar-refractivity contribution in [3.8, 4) is 0 Å². The average molecular weight is 327 g/mol. The lowest BCUT2D eigenvalue weighted by Gasteiger charge is -2.18. The van der Waals surface area contributed by atoms with Crippen LogP contribution in [-0.2, 0) is 24.9 Å². The molecule has 6 heteroatoms. The fourth-order valence-corrected chi connectivity index (χ4v) is 2.74. The predicted molar refractivity (Wildman–Crippen MR) is 90.1 cm³/mol. The minimum absolute atomic E-state index is 0.0782. The zero-order valence-electron chi connectivity index (χ0n) is 13.6. The van der Waals surface area contributed by atoms with E-state index in [1.54, 1.807) is 38.4 Å². The topological polar surface area (TPSA) is 47.2 Å². The van der Waals surface area contributed by atoms with Gasteiger partial charge in [-0.2, -0.15) is 0 Å². The summed E-state index contributed by atoms with van der Waals surface area (Å²) >= 11 is 0. The first-order valence-corrected chi connectivity index (χ1v) is 7.60. The lowest BCUT2D eigenvalue weighted by molar-refractivity contribution is -0.131. The molecule has 1 amide bonds. The Labute approximate surface area is 138 Å². The number of rotatable bonds is 4. The number of carbonyl (C=O) groups is 1. The second kappa shape index (κ2) is 6.31. The molecule has 0 aliphatic rings. The van der Waals surface area contributed by atoms with E-state index in [0.29, 0.717) is 11.1 Å². The number of nitrogens with zero attached hydrogens (tertiary/aromatic N) is 3. The molecular weight excluding hydrogens is 309 g/mol. The van der Waals surface area contributed by atoms with Crippen LogP contribution in [0.5, 0.6) is 0 Å². The third-order valence-electron chi connectivity index (χ3n) is 4.14. The maximum absolute atomic E-state index is 13.7. The quantitative estimate of drug-likeness (QED) is 0.737. The van der Waals surface area contributed by atoms with Crippen LogP contribution in [-0.4, -0.2) is 27.0 Å². The highest BCUT2D eigenvalue weighted by atomic mass is 19.1. The van der Waals surface area contributed by atoms with Crippen LogP contribution >= 0.6 is 0 Å². The number of carbonyl (C=O) groups excluding carboxylic acids is 1. The Balaban J connectivity index is 1.84. The number of aromatic nitrogens is 2. The van der Waals surface area contributed by atoms with Gasteiger partial charge in [0.15, 0.2) is 0 Å². The summed E-state index contributed by atoms with van der Waals surface area (Å²) in [6.45, 7) is 0.0795. The molecule has 0 bridgehead atoms. The predicted octanol–water partition coefficient (Wildman–Crippen LogP) is 2.14. The minimum atomic E-state index is -0.348. The Morgan fingerprint density at radius 1 is 1.08 bits per heavy atom. The van der Waals surface area contributed by atoms with Gasteiger partial charge < -0.3 is 4.90 Å². The van der Waals surface area contributed by atoms with Gasteiger partial charge in [0, 0.05) is 26.2 Å². The SMILES string of the molecule is CN(Cc1ccccc1F)C(=O)Cn1c(=O)n(C)c2ccccc21. The first kappa shape index (κ1) is 16.0. The van der Waals surface area contributed by atoms with E-state index in [1.807, 2.05) is 18.2 Å². The van der Waals surface area contributed by atoms with Crippen LogP contribution < -0.4 is 5.69 Å². The third kappa shape index (κ3) is 2.82. The van der Waals surface area contributed by atoms with Gasteiger partial charge in [-0.15, -0.1) is 0 Å². The van der Waals surface area contributed by atoms with E-state index < -0.39 is 0 Å². The van der Waals surface area contributed by atoms with Gasteiger partial charge in [-0.05, 0) is 18.2 Å². The first-order chi connectivity index (χ1) is 11.5. The standard InChI is InChI=1S/C18H18FN3O2/c1-20(11-13-7-3-4-8-14(13)19)17(23)12-22-16-10-6-5-9-15(16)21(2)18(22)24/h3-10H,11-12H2,1-2H3. The first-order valence-electron chi connectivity index (χ1n) is 7.60. The molecule has 1 aromatic heterocycles. The summed E-state index contributed by atoms with van der Waals surface area (Å²) in [5.74, 6) is -0.601. The number of hydrogen-bond donors (Lipinski definition) is 0. The molecular formula is C18H18FN3O2. The van der Waals surface area contributed by atoms with Crippen molar-refractivity contribution in [1.82, 2.24) is 14.0 Å². The molecule has 0 N–H and O–H groups in total. The lowest BCUT2D eigenvalue weighted by atomic mass is 10.2. The van der Waals surface area contributed by atoms with Gasteiger partial charge in [-0.1, -0.05) is 30.3 Å². The third-order valence-corrected chi connectivity index (χ3v) is 4.14. The molecule has 3 aromatic rings. The van der Waals surface area contributed by atoms with Gasteiger partial charge in [0.1, 0.15) is 12.4 Å². The number of fused-ring (bicyclic) bond motifs is 1. The van der Waals surface area contributed by atoms with Crippen LogP contribution in [0.3, 0.4) is 0 Å². The number of aryl methyl sites for hydroxylation is 1. The summed E-state index contributed by atoms with van der Waals surface area (Å²) in [6, 6.07) is 13.7. The van der Waals surface area contributed by atoms with E-state index in [-0.39, 0.29) is 30.5 Å². The second-order valence-corrected chi connectivity index (χ2v) is 5.76. The van der Waals surface area contributed by atoms with E-state index in [0.717, 1.165) is 5.52 Å². The minimum Gasteiger partial charge on any atom is -0.340 e. The summed E-state index contributed by atoms with van der Waals surface area (Å²) in [5, 5.41) is 0. The van der Waals surface area contributed by atoms with E-state index in [1.165, 1.54) is 20.1 Å². The van der Waals surface area contributed by atoms with Crippen molar-refractivity contribution in [2.75, 3.05) is 7.05 Å². The molecule has 0 fully saturated rings. The normalized spacial score (nSPS) is 11.0. The van der Waals surface area contributed by atoms with Gasteiger partial charge in [-0.3, -0.25) is 13.9 Å². The van der Waals surface area contributed by atoms with Crippen LogP contribution in [0.1, 0.15) is 5.56 Å². The number of para-hydroxylation sites is 2.